The monoisotopic (exact) mass is 339 g/mol. The Hall–Kier alpha value is -2.82. The van der Waals surface area contributed by atoms with E-state index in [2.05, 4.69) is 0 Å². The molecule has 5 nitrogen and oxygen atoms in total. The number of nitrogens with zero attached hydrogens (tertiary/aromatic N) is 1. The predicted molar refractivity (Wildman–Crippen MR) is 93.3 cm³/mol. The number of esters is 1. The molecule has 0 aromatic heterocycles. The lowest BCUT2D eigenvalue weighted by molar-refractivity contribution is -0.139. The van der Waals surface area contributed by atoms with Gasteiger partial charge in [-0.1, -0.05) is 29.8 Å². The van der Waals surface area contributed by atoms with Crippen molar-refractivity contribution in [2.75, 3.05) is 13.7 Å². The average Bonchev–Trinajstić information content (AvgIpc) is 2.98. The van der Waals surface area contributed by atoms with Crippen molar-refractivity contribution in [1.29, 1.82) is 0 Å². The lowest BCUT2D eigenvalue weighted by atomic mass is 10.1. The van der Waals surface area contributed by atoms with Gasteiger partial charge >= 0.3 is 5.97 Å². The van der Waals surface area contributed by atoms with Crippen molar-refractivity contribution in [3.63, 3.8) is 0 Å². The number of aryl methyl sites for hydroxylation is 1. The van der Waals surface area contributed by atoms with Gasteiger partial charge in [0.2, 0.25) is 5.91 Å². The summed E-state index contributed by atoms with van der Waals surface area (Å²) in [6, 6.07) is 14.9. The normalized spacial score (nSPS) is 16.8. The van der Waals surface area contributed by atoms with Crippen LogP contribution in [0.2, 0.25) is 0 Å². The second-order valence-corrected chi connectivity index (χ2v) is 6.26. The zero-order valence-corrected chi connectivity index (χ0v) is 14.4. The number of hydrogen-bond donors (Lipinski definition) is 0. The van der Waals surface area contributed by atoms with Crippen LogP contribution >= 0.6 is 0 Å². The third-order valence-electron chi connectivity index (χ3n) is 4.32. The number of amides is 1. The standard InChI is InChI=1S/C20H21NO4/c1-14-3-5-15(6-4-14)12-21-13-16(11-19(21)22)20(23)25-18-9-7-17(24-2)8-10-18/h3-10,16H,11-13H2,1-2H3/t16-/m1/s1. The molecule has 2 aromatic carbocycles. The highest BCUT2D eigenvalue weighted by molar-refractivity contribution is 5.87. The topological polar surface area (TPSA) is 55.8 Å². The SMILES string of the molecule is COc1ccc(OC(=O)[C@@H]2CC(=O)N(Cc3ccc(C)cc3)C2)cc1. The quantitative estimate of drug-likeness (QED) is 0.621. The molecule has 1 atom stereocenters. The van der Waals surface area contributed by atoms with Crippen LogP contribution in [0.3, 0.4) is 0 Å². The lowest BCUT2D eigenvalue weighted by Crippen LogP contribution is -2.27. The van der Waals surface area contributed by atoms with Crippen molar-refractivity contribution in [2.45, 2.75) is 19.9 Å². The van der Waals surface area contributed by atoms with Crippen molar-refractivity contribution in [3.8, 4) is 11.5 Å². The van der Waals surface area contributed by atoms with Gasteiger partial charge in [-0.25, -0.2) is 0 Å². The van der Waals surface area contributed by atoms with Crippen LogP contribution in [0.15, 0.2) is 48.5 Å². The van der Waals surface area contributed by atoms with Gasteiger partial charge in [-0.3, -0.25) is 9.59 Å². The molecule has 1 amide bonds. The van der Waals surface area contributed by atoms with Gasteiger partial charge in [-0.15, -0.1) is 0 Å². The van der Waals surface area contributed by atoms with E-state index >= 15 is 0 Å². The molecule has 25 heavy (non-hydrogen) atoms. The average molecular weight is 339 g/mol. The number of carbonyl (C=O) groups excluding carboxylic acids is 2. The minimum absolute atomic E-state index is 0.0164. The summed E-state index contributed by atoms with van der Waals surface area (Å²) in [5, 5.41) is 0. The second-order valence-electron chi connectivity index (χ2n) is 6.26. The number of hydrogen-bond acceptors (Lipinski definition) is 4. The summed E-state index contributed by atoms with van der Waals surface area (Å²) in [5.41, 5.74) is 2.24. The van der Waals surface area contributed by atoms with Crippen LogP contribution in [-0.2, 0) is 16.1 Å². The van der Waals surface area contributed by atoms with Crippen LogP contribution < -0.4 is 9.47 Å². The van der Waals surface area contributed by atoms with Crippen molar-refractivity contribution in [3.05, 3.63) is 59.7 Å². The van der Waals surface area contributed by atoms with Crippen LogP contribution in [0.1, 0.15) is 17.5 Å². The number of ether oxygens (including phenoxy) is 2. The molecule has 0 spiro atoms. The summed E-state index contributed by atoms with van der Waals surface area (Å²) < 4.78 is 10.5. The minimum Gasteiger partial charge on any atom is -0.497 e. The zero-order chi connectivity index (χ0) is 17.8. The van der Waals surface area contributed by atoms with E-state index in [-0.39, 0.29) is 18.3 Å². The maximum atomic E-state index is 12.3. The summed E-state index contributed by atoms with van der Waals surface area (Å²) in [6.07, 6.45) is 0.195. The number of methoxy groups -OCH3 is 1. The molecule has 1 aliphatic heterocycles. The van der Waals surface area contributed by atoms with Crippen LogP contribution in [0.5, 0.6) is 11.5 Å². The first-order valence-corrected chi connectivity index (χ1v) is 8.24. The summed E-state index contributed by atoms with van der Waals surface area (Å²) in [4.78, 5) is 26.2. The highest BCUT2D eigenvalue weighted by Gasteiger charge is 2.35. The van der Waals surface area contributed by atoms with Gasteiger partial charge in [0.25, 0.3) is 0 Å². The minimum atomic E-state index is -0.431. The molecule has 0 bridgehead atoms. The first-order chi connectivity index (χ1) is 12.0. The van der Waals surface area contributed by atoms with E-state index in [1.807, 2.05) is 31.2 Å². The van der Waals surface area contributed by atoms with E-state index in [1.54, 1.807) is 36.3 Å². The number of benzene rings is 2. The molecular formula is C20H21NO4. The number of carbonyl (C=O) groups is 2. The second kappa shape index (κ2) is 7.38. The Morgan fingerprint density at radius 3 is 2.36 bits per heavy atom. The van der Waals surface area contributed by atoms with Crippen LogP contribution in [0, 0.1) is 12.8 Å². The maximum absolute atomic E-state index is 12.3. The van der Waals surface area contributed by atoms with Gasteiger partial charge in [-0.2, -0.15) is 0 Å². The van der Waals surface area contributed by atoms with Gasteiger partial charge in [0.15, 0.2) is 0 Å². The molecule has 130 valence electrons. The van der Waals surface area contributed by atoms with E-state index in [1.165, 1.54) is 5.56 Å². The van der Waals surface area contributed by atoms with E-state index in [9.17, 15) is 9.59 Å². The Balaban J connectivity index is 1.59. The molecule has 5 heteroatoms. The molecule has 0 unspecified atom stereocenters. The van der Waals surface area contributed by atoms with Gasteiger partial charge in [0.05, 0.1) is 13.0 Å². The molecule has 0 radical (unpaired) electrons. The summed E-state index contributed by atoms with van der Waals surface area (Å²) in [6.45, 7) is 2.93. The first-order valence-electron chi connectivity index (χ1n) is 8.24. The van der Waals surface area contributed by atoms with E-state index in [4.69, 9.17) is 9.47 Å². The van der Waals surface area contributed by atoms with Crippen molar-refractivity contribution >= 4 is 11.9 Å². The lowest BCUT2D eigenvalue weighted by Gasteiger charge is -2.16. The molecule has 1 aliphatic rings. The summed E-state index contributed by atoms with van der Waals surface area (Å²) in [7, 11) is 1.58. The molecular weight excluding hydrogens is 318 g/mol. The molecule has 1 saturated heterocycles. The largest absolute Gasteiger partial charge is 0.497 e. The Kier molecular flexibility index (Phi) is 5.03. The fourth-order valence-electron chi connectivity index (χ4n) is 2.84. The highest BCUT2D eigenvalue weighted by Crippen LogP contribution is 2.24. The zero-order valence-electron chi connectivity index (χ0n) is 14.4. The Labute approximate surface area is 147 Å². The highest BCUT2D eigenvalue weighted by atomic mass is 16.5. The van der Waals surface area contributed by atoms with Crippen LogP contribution in [-0.4, -0.2) is 30.4 Å². The van der Waals surface area contributed by atoms with Gasteiger partial charge in [0.1, 0.15) is 11.5 Å². The Morgan fingerprint density at radius 1 is 1.08 bits per heavy atom. The van der Waals surface area contributed by atoms with E-state index in [0.717, 1.165) is 5.56 Å². The van der Waals surface area contributed by atoms with Crippen LogP contribution in [0.25, 0.3) is 0 Å². The third kappa shape index (κ3) is 4.18. The summed E-state index contributed by atoms with van der Waals surface area (Å²) in [5.74, 6) is 0.331. The number of rotatable bonds is 5. The maximum Gasteiger partial charge on any atom is 0.316 e. The van der Waals surface area contributed by atoms with Crippen molar-refractivity contribution in [1.82, 2.24) is 4.90 Å². The summed E-state index contributed by atoms with van der Waals surface area (Å²) >= 11 is 0. The molecule has 3 rings (SSSR count). The molecule has 1 fully saturated rings. The Bertz CT molecular complexity index is 752. The van der Waals surface area contributed by atoms with Crippen molar-refractivity contribution < 1.29 is 19.1 Å². The molecule has 0 saturated carbocycles. The van der Waals surface area contributed by atoms with Gasteiger partial charge in [0, 0.05) is 19.5 Å². The van der Waals surface area contributed by atoms with Gasteiger partial charge in [-0.05, 0) is 36.8 Å². The van der Waals surface area contributed by atoms with Crippen molar-refractivity contribution in [2.24, 2.45) is 5.92 Å². The fraction of sp³-hybridized carbons (Fsp3) is 0.300. The first kappa shape index (κ1) is 17.0. The molecule has 0 aliphatic carbocycles. The van der Waals surface area contributed by atoms with Gasteiger partial charge < -0.3 is 14.4 Å². The predicted octanol–water partition coefficient (Wildman–Crippen LogP) is 2.96. The number of likely N-dealkylation sites (tertiary alicyclic amines) is 1. The Morgan fingerprint density at radius 2 is 1.72 bits per heavy atom. The van der Waals surface area contributed by atoms with E-state index < -0.39 is 5.92 Å². The molecule has 0 N–H and O–H groups in total. The third-order valence-corrected chi connectivity index (χ3v) is 4.32. The van der Waals surface area contributed by atoms with Crippen LogP contribution in [0.4, 0.5) is 0 Å². The van der Waals surface area contributed by atoms with E-state index in [0.29, 0.717) is 24.6 Å². The molecule has 1 heterocycles. The smallest absolute Gasteiger partial charge is 0.316 e. The fourth-order valence-corrected chi connectivity index (χ4v) is 2.84. The molecule has 2 aromatic rings.